The topological polar surface area (TPSA) is 52.0 Å². The lowest BCUT2D eigenvalue weighted by molar-refractivity contribution is 0.489. The molecule has 2 N–H and O–H groups in total. The van der Waals surface area contributed by atoms with Crippen LogP contribution in [0.15, 0.2) is 22.6 Å². The van der Waals surface area contributed by atoms with Crippen LogP contribution in [0.5, 0.6) is 0 Å². The zero-order valence-corrected chi connectivity index (χ0v) is 8.58. The van der Waals surface area contributed by atoms with Gasteiger partial charge < -0.3 is 10.2 Å². The molecule has 0 amide bonds. The Bertz CT molecular complexity index is 452. The Labute approximate surface area is 86.9 Å². The summed E-state index contributed by atoms with van der Waals surface area (Å²) >= 11 is 5.84. The molecule has 14 heavy (non-hydrogen) atoms. The van der Waals surface area contributed by atoms with Crippen LogP contribution in [-0.2, 0) is 0 Å². The molecule has 0 aliphatic rings. The number of hydrogen-bond acceptors (Lipinski definition) is 3. The third kappa shape index (κ3) is 1.61. The molecular formula is C10H11ClN2O. The summed E-state index contributed by atoms with van der Waals surface area (Å²) in [5, 5.41) is 0.665. The number of fused-ring (bicyclic) bond motifs is 1. The highest BCUT2D eigenvalue weighted by molar-refractivity contribution is 6.31. The SMILES string of the molecule is CC(CN)c1nc2cc(Cl)ccc2o1. The lowest BCUT2D eigenvalue weighted by atomic mass is 10.2. The van der Waals surface area contributed by atoms with E-state index in [1.165, 1.54) is 0 Å². The van der Waals surface area contributed by atoms with E-state index in [4.69, 9.17) is 21.8 Å². The highest BCUT2D eigenvalue weighted by Crippen LogP contribution is 2.23. The molecule has 0 aliphatic carbocycles. The minimum atomic E-state index is 0.140. The minimum absolute atomic E-state index is 0.140. The Kier molecular flexibility index (Phi) is 2.44. The van der Waals surface area contributed by atoms with Gasteiger partial charge in [-0.05, 0) is 18.2 Å². The van der Waals surface area contributed by atoms with Crippen LogP contribution in [0.25, 0.3) is 11.1 Å². The van der Waals surface area contributed by atoms with Crippen molar-refractivity contribution in [1.82, 2.24) is 4.98 Å². The van der Waals surface area contributed by atoms with Crippen molar-refractivity contribution < 1.29 is 4.42 Å². The lowest BCUT2D eigenvalue weighted by Crippen LogP contribution is -2.08. The Balaban J connectivity index is 2.51. The first-order valence-corrected chi connectivity index (χ1v) is 4.84. The molecular weight excluding hydrogens is 200 g/mol. The van der Waals surface area contributed by atoms with Crippen molar-refractivity contribution in [2.24, 2.45) is 5.73 Å². The standard InChI is InChI=1S/C10H11ClN2O/c1-6(5-12)10-13-8-4-7(11)2-3-9(8)14-10/h2-4,6H,5,12H2,1H3. The highest BCUT2D eigenvalue weighted by Gasteiger charge is 2.11. The molecule has 0 aliphatic heterocycles. The lowest BCUT2D eigenvalue weighted by Gasteiger charge is -1.99. The Hall–Kier alpha value is -1.06. The quantitative estimate of drug-likeness (QED) is 0.829. The van der Waals surface area contributed by atoms with Gasteiger partial charge in [-0.25, -0.2) is 4.98 Å². The molecule has 0 saturated carbocycles. The fourth-order valence-corrected chi connectivity index (χ4v) is 1.40. The van der Waals surface area contributed by atoms with E-state index in [0.717, 1.165) is 11.1 Å². The summed E-state index contributed by atoms with van der Waals surface area (Å²) in [5.74, 6) is 0.811. The van der Waals surface area contributed by atoms with E-state index < -0.39 is 0 Å². The van der Waals surface area contributed by atoms with Gasteiger partial charge in [0, 0.05) is 17.5 Å². The molecule has 0 fully saturated rings. The van der Waals surface area contributed by atoms with Gasteiger partial charge in [-0.3, -0.25) is 0 Å². The molecule has 3 nitrogen and oxygen atoms in total. The fourth-order valence-electron chi connectivity index (χ4n) is 1.23. The molecule has 0 saturated heterocycles. The average molecular weight is 211 g/mol. The summed E-state index contributed by atoms with van der Waals surface area (Å²) in [7, 11) is 0. The van der Waals surface area contributed by atoms with Crippen LogP contribution in [-0.4, -0.2) is 11.5 Å². The van der Waals surface area contributed by atoms with E-state index in [-0.39, 0.29) is 5.92 Å². The molecule has 1 heterocycles. The maximum Gasteiger partial charge on any atom is 0.199 e. The predicted octanol–water partition coefficient (Wildman–Crippen LogP) is 2.54. The van der Waals surface area contributed by atoms with Crippen molar-refractivity contribution in [2.75, 3.05) is 6.54 Å². The monoisotopic (exact) mass is 210 g/mol. The number of benzene rings is 1. The van der Waals surface area contributed by atoms with E-state index in [9.17, 15) is 0 Å². The van der Waals surface area contributed by atoms with Crippen LogP contribution in [0.4, 0.5) is 0 Å². The smallest absolute Gasteiger partial charge is 0.199 e. The Morgan fingerprint density at radius 3 is 3.07 bits per heavy atom. The van der Waals surface area contributed by atoms with E-state index in [1.807, 2.05) is 13.0 Å². The first kappa shape index (κ1) is 9.49. The van der Waals surface area contributed by atoms with Crippen molar-refractivity contribution in [3.63, 3.8) is 0 Å². The zero-order valence-electron chi connectivity index (χ0n) is 7.83. The summed E-state index contributed by atoms with van der Waals surface area (Å²) in [4.78, 5) is 4.31. The molecule has 1 aromatic heterocycles. The second-order valence-electron chi connectivity index (χ2n) is 3.30. The van der Waals surface area contributed by atoms with E-state index in [2.05, 4.69) is 4.98 Å². The molecule has 4 heteroatoms. The van der Waals surface area contributed by atoms with Crippen LogP contribution < -0.4 is 5.73 Å². The van der Waals surface area contributed by atoms with Crippen molar-refractivity contribution >= 4 is 22.7 Å². The number of oxazole rings is 1. The number of halogens is 1. The molecule has 2 rings (SSSR count). The maximum absolute atomic E-state index is 5.84. The van der Waals surface area contributed by atoms with Crippen LogP contribution in [0.3, 0.4) is 0 Å². The molecule has 74 valence electrons. The number of hydrogen-bond donors (Lipinski definition) is 1. The summed E-state index contributed by atoms with van der Waals surface area (Å²) in [6.45, 7) is 2.51. The third-order valence-corrected chi connectivity index (χ3v) is 2.38. The van der Waals surface area contributed by atoms with Crippen LogP contribution in [0.2, 0.25) is 5.02 Å². The van der Waals surface area contributed by atoms with Gasteiger partial charge in [0.1, 0.15) is 5.52 Å². The van der Waals surface area contributed by atoms with Gasteiger partial charge >= 0.3 is 0 Å². The van der Waals surface area contributed by atoms with E-state index in [0.29, 0.717) is 17.5 Å². The molecule has 0 radical (unpaired) electrons. The second kappa shape index (κ2) is 3.59. The van der Waals surface area contributed by atoms with Crippen molar-refractivity contribution in [3.05, 3.63) is 29.1 Å². The third-order valence-electron chi connectivity index (χ3n) is 2.14. The van der Waals surface area contributed by atoms with Gasteiger partial charge in [0.2, 0.25) is 0 Å². The number of nitrogens with zero attached hydrogens (tertiary/aromatic N) is 1. The van der Waals surface area contributed by atoms with Gasteiger partial charge in [0.15, 0.2) is 11.5 Å². The van der Waals surface area contributed by atoms with Crippen LogP contribution in [0.1, 0.15) is 18.7 Å². The van der Waals surface area contributed by atoms with E-state index >= 15 is 0 Å². The van der Waals surface area contributed by atoms with Crippen LogP contribution in [0, 0.1) is 0 Å². The summed E-state index contributed by atoms with van der Waals surface area (Å²) in [6, 6.07) is 5.39. The summed E-state index contributed by atoms with van der Waals surface area (Å²) in [6.07, 6.45) is 0. The second-order valence-corrected chi connectivity index (χ2v) is 3.74. The molecule has 0 bridgehead atoms. The first-order valence-electron chi connectivity index (χ1n) is 4.46. The number of rotatable bonds is 2. The highest BCUT2D eigenvalue weighted by atomic mass is 35.5. The van der Waals surface area contributed by atoms with Gasteiger partial charge in [-0.15, -0.1) is 0 Å². The fraction of sp³-hybridized carbons (Fsp3) is 0.300. The van der Waals surface area contributed by atoms with E-state index in [1.54, 1.807) is 12.1 Å². The summed E-state index contributed by atoms with van der Waals surface area (Å²) in [5.41, 5.74) is 7.07. The molecule has 1 atom stereocenters. The average Bonchev–Trinajstić information content (AvgIpc) is 2.59. The molecule has 2 aromatic rings. The van der Waals surface area contributed by atoms with Crippen LogP contribution >= 0.6 is 11.6 Å². The van der Waals surface area contributed by atoms with Gasteiger partial charge in [-0.2, -0.15) is 0 Å². The molecule has 1 unspecified atom stereocenters. The molecule has 0 spiro atoms. The Morgan fingerprint density at radius 1 is 1.57 bits per heavy atom. The number of nitrogens with two attached hydrogens (primary N) is 1. The van der Waals surface area contributed by atoms with Crippen molar-refractivity contribution in [2.45, 2.75) is 12.8 Å². The predicted molar refractivity (Wildman–Crippen MR) is 56.5 cm³/mol. The van der Waals surface area contributed by atoms with Crippen molar-refractivity contribution in [3.8, 4) is 0 Å². The number of aromatic nitrogens is 1. The van der Waals surface area contributed by atoms with Gasteiger partial charge in [0.25, 0.3) is 0 Å². The minimum Gasteiger partial charge on any atom is -0.440 e. The largest absolute Gasteiger partial charge is 0.440 e. The summed E-state index contributed by atoms with van der Waals surface area (Å²) < 4.78 is 5.53. The zero-order chi connectivity index (χ0) is 10.1. The first-order chi connectivity index (χ1) is 6.70. The maximum atomic E-state index is 5.84. The van der Waals surface area contributed by atoms with Gasteiger partial charge in [0.05, 0.1) is 0 Å². The Morgan fingerprint density at radius 2 is 2.36 bits per heavy atom. The van der Waals surface area contributed by atoms with Gasteiger partial charge in [-0.1, -0.05) is 18.5 Å². The molecule has 1 aromatic carbocycles. The normalized spacial score (nSPS) is 13.4. The van der Waals surface area contributed by atoms with Crippen molar-refractivity contribution in [1.29, 1.82) is 0 Å².